The summed E-state index contributed by atoms with van der Waals surface area (Å²) in [6, 6.07) is 5.41. The van der Waals surface area contributed by atoms with Crippen LogP contribution in [0.3, 0.4) is 0 Å². The number of ether oxygens (including phenoxy) is 2. The fourth-order valence-electron chi connectivity index (χ4n) is 1.88. The van der Waals surface area contributed by atoms with Gasteiger partial charge in [0.15, 0.2) is 17.3 Å². The summed E-state index contributed by atoms with van der Waals surface area (Å²) < 4.78 is 11.0. The Morgan fingerprint density at radius 3 is 3.06 bits per heavy atom. The number of carbonyl (C=O) groups excluding carboxylic acids is 1. The molecule has 0 radical (unpaired) electrons. The van der Waals surface area contributed by atoms with Crippen molar-refractivity contribution < 1.29 is 14.3 Å². The van der Waals surface area contributed by atoms with Gasteiger partial charge in [-0.15, -0.1) is 11.3 Å². The number of ketones is 1. The third kappa shape index (κ3) is 2.09. The van der Waals surface area contributed by atoms with Crippen molar-refractivity contribution in [3.8, 4) is 11.5 Å². The van der Waals surface area contributed by atoms with Gasteiger partial charge in [0.1, 0.15) is 13.2 Å². The first-order valence-electron chi connectivity index (χ1n) is 5.64. The van der Waals surface area contributed by atoms with E-state index in [0.717, 1.165) is 4.88 Å². The Kier molecular flexibility index (Phi) is 2.98. The van der Waals surface area contributed by atoms with Crippen LogP contribution in [0.1, 0.15) is 15.2 Å². The number of benzene rings is 1. The maximum Gasteiger partial charge on any atom is 0.172 e. The predicted octanol–water partition coefficient (Wildman–Crippen LogP) is 2.34. The Hall–Kier alpha value is -1.88. The molecular weight excluding hydrogens is 250 g/mol. The third-order valence-corrected chi connectivity index (χ3v) is 3.46. The smallest absolute Gasteiger partial charge is 0.172 e. The molecule has 1 aromatic heterocycles. The molecule has 2 aromatic rings. The molecule has 92 valence electrons. The minimum atomic E-state index is 0.0293. The molecule has 0 amide bonds. The van der Waals surface area contributed by atoms with Crippen molar-refractivity contribution in [2.75, 3.05) is 13.2 Å². The maximum absolute atomic E-state index is 12.2. The number of Topliss-reactive ketones (excluding diaryl/α,β-unsaturated/α-hetero) is 1. The zero-order chi connectivity index (χ0) is 12.4. The first kappa shape index (κ1) is 11.2. The van der Waals surface area contributed by atoms with Gasteiger partial charge in [0.2, 0.25) is 0 Å². The van der Waals surface area contributed by atoms with E-state index >= 15 is 0 Å². The van der Waals surface area contributed by atoms with Gasteiger partial charge in [-0.25, -0.2) is 0 Å². The fourth-order valence-corrected chi connectivity index (χ4v) is 2.47. The minimum Gasteiger partial charge on any atom is -0.486 e. The third-order valence-electron chi connectivity index (χ3n) is 2.68. The number of para-hydroxylation sites is 1. The summed E-state index contributed by atoms with van der Waals surface area (Å²) in [5.74, 6) is 1.25. The van der Waals surface area contributed by atoms with Crippen molar-refractivity contribution in [2.24, 2.45) is 0 Å². The van der Waals surface area contributed by atoms with Crippen molar-refractivity contribution in [3.05, 3.63) is 40.3 Å². The Bertz CT molecular complexity index is 566. The average molecular weight is 261 g/mol. The normalized spacial score (nSPS) is 13.3. The number of aromatic nitrogens is 1. The fraction of sp³-hybridized carbons (Fsp3) is 0.231. The number of hydrogen-bond donors (Lipinski definition) is 0. The molecule has 0 N–H and O–H groups in total. The van der Waals surface area contributed by atoms with Crippen LogP contribution >= 0.6 is 11.3 Å². The van der Waals surface area contributed by atoms with Crippen molar-refractivity contribution >= 4 is 17.1 Å². The van der Waals surface area contributed by atoms with Gasteiger partial charge in [0.05, 0.1) is 11.1 Å². The van der Waals surface area contributed by atoms with E-state index in [2.05, 4.69) is 4.98 Å². The summed E-state index contributed by atoms with van der Waals surface area (Å²) in [6.45, 7) is 1.01. The molecule has 4 nitrogen and oxygen atoms in total. The molecule has 0 saturated heterocycles. The number of fused-ring (bicyclic) bond motifs is 1. The van der Waals surface area contributed by atoms with Gasteiger partial charge in [-0.3, -0.25) is 9.78 Å². The highest BCUT2D eigenvalue weighted by atomic mass is 32.1. The number of thiazole rings is 1. The Morgan fingerprint density at radius 1 is 1.33 bits per heavy atom. The molecule has 1 aliphatic heterocycles. The van der Waals surface area contributed by atoms with Gasteiger partial charge in [0, 0.05) is 17.5 Å². The molecule has 0 atom stereocenters. The van der Waals surface area contributed by atoms with Gasteiger partial charge >= 0.3 is 0 Å². The monoisotopic (exact) mass is 261 g/mol. The van der Waals surface area contributed by atoms with Crippen molar-refractivity contribution in [1.82, 2.24) is 4.98 Å². The first-order valence-corrected chi connectivity index (χ1v) is 6.52. The first-order chi connectivity index (χ1) is 8.84. The molecule has 0 spiro atoms. The van der Waals surface area contributed by atoms with Crippen LogP contribution in [0.2, 0.25) is 0 Å². The Balaban J connectivity index is 1.89. The number of nitrogens with zero attached hydrogens (tertiary/aromatic N) is 1. The van der Waals surface area contributed by atoms with Crippen molar-refractivity contribution in [3.63, 3.8) is 0 Å². The molecule has 2 heterocycles. The lowest BCUT2D eigenvalue weighted by molar-refractivity contribution is 0.0982. The van der Waals surface area contributed by atoms with Crippen LogP contribution in [-0.2, 0) is 6.42 Å². The largest absolute Gasteiger partial charge is 0.486 e. The lowest BCUT2D eigenvalue weighted by Crippen LogP contribution is -2.18. The van der Waals surface area contributed by atoms with Gasteiger partial charge in [-0.1, -0.05) is 6.07 Å². The van der Waals surface area contributed by atoms with Crippen LogP contribution in [0.4, 0.5) is 0 Å². The molecule has 0 aliphatic carbocycles. The molecule has 0 fully saturated rings. The van der Waals surface area contributed by atoms with E-state index in [0.29, 0.717) is 36.7 Å². The molecule has 1 aromatic carbocycles. The average Bonchev–Trinajstić information content (AvgIpc) is 2.91. The highest BCUT2D eigenvalue weighted by molar-refractivity contribution is 7.09. The quantitative estimate of drug-likeness (QED) is 0.796. The molecule has 0 saturated carbocycles. The molecule has 18 heavy (non-hydrogen) atoms. The summed E-state index contributed by atoms with van der Waals surface area (Å²) in [7, 11) is 0. The van der Waals surface area contributed by atoms with Crippen LogP contribution in [0, 0.1) is 0 Å². The molecular formula is C13H11NO3S. The molecule has 5 heteroatoms. The van der Waals surface area contributed by atoms with Crippen LogP contribution in [0.5, 0.6) is 11.5 Å². The molecule has 0 unspecified atom stereocenters. The summed E-state index contributed by atoms with van der Waals surface area (Å²) in [4.78, 5) is 17.1. The molecule has 0 bridgehead atoms. The van der Waals surface area contributed by atoms with Gasteiger partial charge < -0.3 is 9.47 Å². The lowest BCUT2D eigenvalue weighted by atomic mass is 10.1. The maximum atomic E-state index is 12.2. The molecule has 3 rings (SSSR count). The van der Waals surface area contributed by atoms with Crippen molar-refractivity contribution in [2.45, 2.75) is 6.42 Å². The number of hydrogen-bond acceptors (Lipinski definition) is 5. The minimum absolute atomic E-state index is 0.0293. The van der Waals surface area contributed by atoms with E-state index < -0.39 is 0 Å². The summed E-state index contributed by atoms with van der Waals surface area (Å²) in [6.07, 6.45) is 2.07. The summed E-state index contributed by atoms with van der Waals surface area (Å²) in [5.41, 5.74) is 2.31. The predicted molar refractivity (Wildman–Crippen MR) is 67.6 cm³/mol. The summed E-state index contributed by atoms with van der Waals surface area (Å²) >= 11 is 1.48. The number of carbonyl (C=O) groups is 1. The highest BCUT2D eigenvalue weighted by Gasteiger charge is 2.20. The zero-order valence-electron chi connectivity index (χ0n) is 9.59. The van der Waals surface area contributed by atoms with Gasteiger partial charge in [-0.05, 0) is 12.1 Å². The van der Waals surface area contributed by atoms with E-state index in [4.69, 9.17) is 9.47 Å². The Morgan fingerprint density at radius 2 is 2.22 bits per heavy atom. The second-order valence-electron chi connectivity index (χ2n) is 3.90. The SMILES string of the molecule is O=C(Cc1cncs1)c1cccc2c1OCCO2. The van der Waals surface area contributed by atoms with E-state index in [1.807, 2.05) is 12.1 Å². The van der Waals surface area contributed by atoms with Crippen LogP contribution in [0.15, 0.2) is 29.9 Å². The lowest BCUT2D eigenvalue weighted by Gasteiger charge is -2.20. The van der Waals surface area contributed by atoms with Crippen LogP contribution in [0.25, 0.3) is 0 Å². The Labute approximate surface area is 108 Å². The van der Waals surface area contributed by atoms with E-state index in [1.165, 1.54) is 11.3 Å². The standard InChI is InChI=1S/C13H11NO3S/c15-11(6-9-7-14-8-18-9)10-2-1-3-12-13(10)17-5-4-16-12/h1-3,7-8H,4-6H2. The van der Waals surface area contributed by atoms with Crippen LogP contribution in [-0.4, -0.2) is 24.0 Å². The number of rotatable bonds is 3. The second-order valence-corrected chi connectivity index (χ2v) is 4.87. The van der Waals surface area contributed by atoms with Gasteiger partial charge in [0.25, 0.3) is 0 Å². The summed E-state index contributed by atoms with van der Waals surface area (Å²) in [5, 5.41) is 0. The zero-order valence-corrected chi connectivity index (χ0v) is 10.4. The van der Waals surface area contributed by atoms with Crippen LogP contribution < -0.4 is 9.47 Å². The van der Waals surface area contributed by atoms with E-state index in [1.54, 1.807) is 17.8 Å². The van der Waals surface area contributed by atoms with E-state index in [9.17, 15) is 4.79 Å². The molecule has 1 aliphatic rings. The second kappa shape index (κ2) is 4.78. The van der Waals surface area contributed by atoms with E-state index in [-0.39, 0.29) is 5.78 Å². The van der Waals surface area contributed by atoms with Crippen molar-refractivity contribution in [1.29, 1.82) is 0 Å². The topological polar surface area (TPSA) is 48.4 Å². The van der Waals surface area contributed by atoms with Gasteiger partial charge in [-0.2, -0.15) is 0 Å². The highest BCUT2D eigenvalue weighted by Crippen LogP contribution is 2.34.